The van der Waals surface area contributed by atoms with E-state index in [0.717, 1.165) is 26.7 Å². The summed E-state index contributed by atoms with van der Waals surface area (Å²) in [5.41, 5.74) is 1.69. The van der Waals surface area contributed by atoms with Gasteiger partial charge in [-0.15, -0.1) is 0 Å². The second-order valence-electron chi connectivity index (χ2n) is 4.40. The van der Waals surface area contributed by atoms with Gasteiger partial charge in [-0.2, -0.15) is 5.26 Å². The Balaban J connectivity index is 1.90. The molecule has 0 spiro atoms. The number of hydrogen-bond acceptors (Lipinski definition) is 6. The molecule has 0 saturated heterocycles. The molecule has 6 nitrogen and oxygen atoms in total. The molecule has 0 amide bonds. The van der Waals surface area contributed by atoms with Crippen LogP contribution in [-0.4, -0.2) is 26.0 Å². The van der Waals surface area contributed by atoms with Crippen LogP contribution >= 0.6 is 11.3 Å². The van der Waals surface area contributed by atoms with E-state index in [1.807, 2.05) is 19.2 Å². The quantitative estimate of drug-likeness (QED) is 0.768. The molecule has 100 valence electrons. The summed E-state index contributed by atoms with van der Waals surface area (Å²) < 4.78 is 0. The summed E-state index contributed by atoms with van der Waals surface area (Å²) >= 11 is 1.52. The van der Waals surface area contributed by atoms with Gasteiger partial charge in [0.25, 0.3) is 0 Å². The number of rotatable bonds is 4. The summed E-state index contributed by atoms with van der Waals surface area (Å²) in [4.78, 5) is 16.9. The molecule has 1 unspecified atom stereocenters. The van der Waals surface area contributed by atoms with Crippen LogP contribution in [-0.2, 0) is 0 Å². The maximum Gasteiger partial charge on any atom is 0.183 e. The first-order valence-electron chi connectivity index (χ1n) is 6.15. The predicted octanol–water partition coefficient (Wildman–Crippen LogP) is 2.80. The third-order valence-electron chi connectivity index (χ3n) is 2.86. The van der Waals surface area contributed by atoms with Gasteiger partial charge in [0.15, 0.2) is 5.13 Å². The molecule has 2 N–H and O–H groups in total. The van der Waals surface area contributed by atoms with E-state index in [2.05, 4.69) is 31.3 Å². The first-order valence-corrected chi connectivity index (χ1v) is 6.97. The zero-order valence-corrected chi connectivity index (χ0v) is 11.6. The number of anilines is 1. The van der Waals surface area contributed by atoms with E-state index in [1.54, 1.807) is 12.5 Å². The summed E-state index contributed by atoms with van der Waals surface area (Å²) in [5.74, 6) is 0. The number of hydrogen-bond donors (Lipinski definition) is 2. The molecule has 20 heavy (non-hydrogen) atoms. The van der Waals surface area contributed by atoms with Crippen molar-refractivity contribution in [2.75, 3.05) is 5.32 Å². The molecule has 0 radical (unpaired) electrons. The van der Waals surface area contributed by atoms with Crippen LogP contribution in [0.5, 0.6) is 0 Å². The largest absolute Gasteiger partial charge is 0.358 e. The molecule has 0 aliphatic carbocycles. The van der Waals surface area contributed by atoms with Gasteiger partial charge in [0.1, 0.15) is 12.0 Å². The molecule has 1 atom stereocenters. The van der Waals surface area contributed by atoms with E-state index < -0.39 is 0 Å². The van der Waals surface area contributed by atoms with Crippen molar-refractivity contribution < 1.29 is 0 Å². The SMILES string of the molecule is CC(CC#N)Nc1ncc(-c2ncnc3[nH]ccc23)s1. The molecule has 0 saturated carbocycles. The molecule has 0 aliphatic rings. The van der Waals surface area contributed by atoms with Crippen LogP contribution in [0.15, 0.2) is 24.8 Å². The van der Waals surface area contributed by atoms with Gasteiger partial charge in [-0.05, 0) is 13.0 Å². The fourth-order valence-electron chi connectivity index (χ4n) is 1.92. The Labute approximate surface area is 119 Å². The molecule has 3 aromatic rings. The Morgan fingerprint density at radius 2 is 2.35 bits per heavy atom. The monoisotopic (exact) mass is 284 g/mol. The Kier molecular flexibility index (Phi) is 3.31. The number of nitrogens with zero attached hydrogens (tertiary/aromatic N) is 4. The van der Waals surface area contributed by atoms with Crippen molar-refractivity contribution >= 4 is 27.5 Å². The lowest BCUT2D eigenvalue weighted by Crippen LogP contribution is -2.13. The highest BCUT2D eigenvalue weighted by Crippen LogP contribution is 2.31. The van der Waals surface area contributed by atoms with Crippen LogP contribution in [0.1, 0.15) is 13.3 Å². The van der Waals surface area contributed by atoms with Crippen LogP contribution in [0.4, 0.5) is 5.13 Å². The second-order valence-corrected chi connectivity index (χ2v) is 5.43. The Morgan fingerprint density at radius 3 is 3.20 bits per heavy atom. The number of fused-ring (bicyclic) bond motifs is 1. The summed E-state index contributed by atoms with van der Waals surface area (Å²) in [6, 6.07) is 4.17. The van der Waals surface area contributed by atoms with E-state index in [0.29, 0.717) is 6.42 Å². The van der Waals surface area contributed by atoms with Crippen molar-refractivity contribution in [3.63, 3.8) is 0 Å². The lowest BCUT2D eigenvalue weighted by molar-refractivity contribution is 0.819. The highest BCUT2D eigenvalue weighted by atomic mass is 32.1. The van der Waals surface area contributed by atoms with E-state index in [1.165, 1.54) is 11.3 Å². The van der Waals surface area contributed by atoms with Crippen LogP contribution in [0, 0.1) is 11.3 Å². The van der Waals surface area contributed by atoms with Gasteiger partial charge < -0.3 is 10.3 Å². The molecule has 7 heteroatoms. The first kappa shape index (κ1) is 12.6. The van der Waals surface area contributed by atoms with Crippen molar-refractivity contribution in [2.45, 2.75) is 19.4 Å². The normalized spacial score (nSPS) is 12.2. The standard InChI is InChI=1S/C13H12N6S/c1-8(2-4-14)19-13-16-6-10(20-13)11-9-3-5-15-12(9)18-7-17-11/h3,5-8H,2H2,1H3,(H,16,19)(H,15,17,18). The molecule has 0 aromatic carbocycles. The summed E-state index contributed by atoms with van der Waals surface area (Å²) in [7, 11) is 0. The van der Waals surface area contributed by atoms with Gasteiger partial charge in [-0.1, -0.05) is 11.3 Å². The number of aromatic nitrogens is 4. The van der Waals surface area contributed by atoms with Gasteiger partial charge in [0.05, 0.1) is 23.1 Å². The lowest BCUT2D eigenvalue weighted by Gasteiger charge is -2.07. The van der Waals surface area contributed by atoms with Crippen LogP contribution in [0.25, 0.3) is 21.6 Å². The van der Waals surface area contributed by atoms with Gasteiger partial charge >= 0.3 is 0 Å². The number of nitriles is 1. The minimum absolute atomic E-state index is 0.0803. The predicted molar refractivity (Wildman–Crippen MR) is 78.3 cm³/mol. The van der Waals surface area contributed by atoms with Crippen LogP contribution in [0.2, 0.25) is 0 Å². The number of nitrogens with one attached hydrogen (secondary N) is 2. The van der Waals surface area contributed by atoms with Gasteiger partial charge in [0, 0.05) is 23.8 Å². The summed E-state index contributed by atoms with van der Waals surface area (Å²) in [6.45, 7) is 1.96. The molecule has 0 aliphatic heterocycles. The third-order valence-corrected chi connectivity index (χ3v) is 3.80. The fraction of sp³-hybridized carbons (Fsp3) is 0.231. The highest BCUT2D eigenvalue weighted by molar-refractivity contribution is 7.18. The molecule has 3 rings (SSSR count). The average molecular weight is 284 g/mol. The van der Waals surface area contributed by atoms with E-state index in [4.69, 9.17) is 5.26 Å². The fourth-order valence-corrected chi connectivity index (χ4v) is 2.86. The molecular weight excluding hydrogens is 272 g/mol. The van der Waals surface area contributed by atoms with Gasteiger partial charge in [-0.3, -0.25) is 0 Å². The number of H-pyrrole nitrogens is 1. The Hall–Kier alpha value is -2.46. The van der Waals surface area contributed by atoms with E-state index >= 15 is 0 Å². The molecular formula is C13H12N6S. The van der Waals surface area contributed by atoms with E-state index in [-0.39, 0.29) is 6.04 Å². The second kappa shape index (κ2) is 5.27. The topological polar surface area (TPSA) is 90.3 Å². The minimum Gasteiger partial charge on any atom is -0.358 e. The zero-order valence-electron chi connectivity index (χ0n) is 10.8. The molecule has 0 fully saturated rings. The molecule has 3 aromatic heterocycles. The maximum atomic E-state index is 8.67. The summed E-state index contributed by atoms with van der Waals surface area (Å²) in [6.07, 6.45) is 5.63. The van der Waals surface area contributed by atoms with Crippen molar-refractivity contribution in [3.05, 3.63) is 24.8 Å². The third kappa shape index (κ3) is 2.33. The van der Waals surface area contributed by atoms with E-state index in [9.17, 15) is 0 Å². The Bertz CT molecular complexity index is 768. The van der Waals surface area contributed by atoms with Crippen molar-refractivity contribution in [3.8, 4) is 16.6 Å². The summed E-state index contributed by atoms with van der Waals surface area (Å²) in [5, 5.41) is 13.6. The number of thiazole rings is 1. The molecule has 0 bridgehead atoms. The first-order chi connectivity index (χ1) is 9.78. The molecule has 3 heterocycles. The van der Waals surface area contributed by atoms with Gasteiger partial charge in [-0.25, -0.2) is 15.0 Å². The Morgan fingerprint density at radius 1 is 1.45 bits per heavy atom. The maximum absolute atomic E-state index is 8.67. The van der Waals surface area contributed by atoms with Crippen LogP contribution < -0.4 is 5.32 Å². The zero-order chi connectivity index (χ0) is 13.9. The minimum atomic E-state index is 0.0803. The number of aromatic amines is 1. The van der Waals surface area contributed by atoms with Crippen molar-refractivity contribution in [1.82, 2.24) is 19.9 Å². The average Bonchev–Trinajstić information content (AvgIpc) is 3.06. The lowest BCUT2D eigenvalue weighted by atomic mass is 10.2. The van der Waals surface area contributed by atoms with Gasteiger partial charge in [0.2, 0.25) is 0 Å². The van der Waals surface area contributed by atoms with Crippen molar-refractivity contribution in [1.29, 1.82) is 5.26 Å². The van der Waals surface area contributed by atoms with Crippen LogP contribution in [0.3, 0.4) is 0 Å². The smallest absolute Gasteiger partial charge is 0.183 e. The van der Waals surface area contributed by atoms with Crippen molar-refractivity contribution in [2.24, 2.45) is 0 Å². The highest BCUT2D eigenvalue weighted by Gasteiger charge is 2.11.